The lowest BCUT2D eigenvalue weighted by Crippen LogP contribution is -2.31. The average Bonchev–Trinajstić information content (AvgIpc) is 3.27. The lowest BCUT2D eigenvalue weighted by Gasteiger charge is -2.29. The predicted molar refractivity (Wildman–Crippen MR) is 157 cm³/mol. The van der Waals surface area contributed by atoms with Gasteiger partial charge in [-0.25, -0.2) is 4.68 Å². The van der Waals surface area contributed by atoms with E-state index in [1.54, 1.807) is 16.4 Å². The summed E-state index contributed by atoms with van der Waals surface area (Å²) in [5, 5.41) is 11.9. The maximum atomic E-state index is 13.9. The molecule has 0 aliphatic carbocycles. The molecule has 1 aromatic heterocycles. The molecule has 0 bridgehead atoms. The fraction of sp³-hybridized carbons (Fsp3) is 0.393. The number of rotatable bonds is 10. The number of carbonyl (C=O) groups excluding carboxylic acids is 1. The third kappa shape index (κ3) is 5.71. The van der Waals surface area contributed by atoms with E-state index < -0.39 is 6.04 Å². The van der Waals surface area contributed by atoms with E-state index in [0.29, 0.717) is 47.1 Å². The second-order valence-electron chi connectivity index (χ2n) is 8.97. The molecule has 38 heavy (non-hydrogen) atoms. The zero-order chi connectivity index (χ0) is 27.4. The van der Waals surface area contributed by atoms with E-state index in [2.05, 4.69) is 45.4 Å². The first-order valence-electron chi connectivity index (χ1n) is 12.8. The van der Waals surface area contributed by atoms with Crippen molar-refractivity contribution in [3.8, 4) is 11.5 Å². The van der Waals surface area contributed by atoms with Crippen LogP contribution in [0.15, 0.2) is 51.2 Å². The molecule has 2 N–H and O–H groups in total. The molecule has 1 aliphatic rings. The van der Waals surface area contributed by atoms with Crippen molar-refractivity contribution in [2.45, 2.75) is 59.2 Å². The Kier molecular flexibility index (Phi) is 9.04. The van der Waals surface area contributed by atoms with Gasteiger partial charge in [-0.05, 0) is 90.7 Å². The number of aryl methyl sites for hydroxylation is 1. The van der Waals surface area contributed by atoms with Crippen molar-refractivity contribution in [2.24, 2.45) is 0 Å². The Labute approximate surface area is 236 Å². The zero-order valence-corrected chi connectivity index (χ0v) is 25.0. The Bertz CT molecular complexity index is 1370. The number of nitrogens with zero attached hydrogens (tertiary/aromatic N) is 3. The summed E-state index contributed by atoms with van der Waals surface area (Å²) >= 11 is 5.24. The average molecular weight is 601 g/mol. The third-order valence-electron chi connectivity index (χ3n) is 6.30. The summed E-state index contributed by atoms with van der Waals surface area (Å²) in [4.78, 5) is 18.6. The number of carbonyl (C=O) groups is 1. The van der Waals surface area contributed by atoms with Gasteiger partial charge in [0.05, 0.1) is 23.3 Å². The molecular weight excluding hydrogens is 566 g/mol. The van der Waals surface area contributed by atoms with Crippen LogP contribution in [0.25, 0.3) is 0 Å². The second kappa shape index (κ2) is 12.3. The molecule has 0 fully saturated rings. The van der Waals surface area contributed by atoms with Crippen LogP contribution < -0.4 is 20.1 Å². The van der Waals surface area contributed by atoms with Crippen molar-refractivity contribution < 1.29 is 14.3 Å². The number of aromatic nitrogens is 3. The minimum atomic E-state index is -0.536. The number of halogens is 1. The summed E-state index contributed by atoms with van der Waals surface area (Å²) in [6.45, 7) is 13.0. The molecular formula is C28H34BrN5O3S. The van der Waals surface area contributed by atoms with Gasteiger partial charge in [0.25, 0.3) is 5.91 Å². The number of benzene rings is 2. The Morgan fingerprint density at radius 1 is 1.18 bits per heavy atom. The zero-order valence-electron chi connectivity index (χ0n) is 22.6. The van der Waals surface area contributed by atoms with Crippen LogP contribution in [0.3, 0.4) is 0 Å². The number of hydrogen-bond donors (Lipinski definition) is 2. The van der Waals surface area contributed by atoms with Crippen LogP contribution in [0.4, 0.5) is 11.6 Å². The molecule has 8 nitrogen and oxygen atoms in total. The maximum absolute atomic E-state index is 13.9. The van der Waals surface area contributed by atoms with E-state index in [9.17, 15) is 4.79 Å². The lowest BCUT2D eigenvalue weighted by atomic mass is 9.94. The summed E-state index contributed by atoms with van der Waals surface area (Å²) < 4.78 is 14.5. The van der Waals surface area contributed by atoms with Crippen molar-refractivity contribution in [3.63, 3.8) is 0 Å². The Morgan fingerprint density at radius 3 is 2.68 bits per heavy atom. The highest BCUT2D eigenvalue weighted by Crippen LogP contribution is 2.43. The number of allylic oxidation sites excluding steroid dienone is 1. The summed E-state index contributed by atoms with van der Waals surface area (Å²) in [6.07, 6.45) is 0.874. The van der Waals surface area contributed by atoms with Crippen LogP contribution in [0, 0.1) is 13.8 Å². The second-order valence-corrected chi connectivity index (χ2v) is 11.1. The van der Waals surface area contributed by atoms with Gasteiger partial charge >= 0.3 is 0 Å². The number of amides is 1. The molecule has 0 spiro atoms. The van der Waals surface area contributed by atoms with Gasteiger partial charge in [-0.15, -0.1) is 5.10 Å². The van der Waals surface area contributed by atoms with Crippen molar-refractivity contribution in [1.82, 2.24) is 14.8 Å². The van der Waals surface area contributed by atoms with Crippen LogP contribution >= 0.6 is 27.7 Å². The molecule has 10 heteroatoms. The molecule has 4 rings (SSSR count). The molecule has 0 radical (unpaired) electrons. The van der Waals surface area contributed by atoms with Crippen LogP contribution in [0.5, 0.6) is 11.5 Å². The van der Waals surface area contributed by atoms with Gasteiger partial charge in [0.1, 0.15) is 6.04 Å². The molecule has 1 amide bonds. The number of anilines is 2. The minimum absolute atomic E-state index is 0.208. The third-order valence-corrected chi connectivity index (χ3v) is 7.61. The van der Waals surface area contributed by atoms with Crippen LogP contribution in [0.1, 0.15) is 56.8 Å². The molecule has 2 aromatic carbocycles. The first-order chi connectivity index (χ1) is 18.3. The van der Waals surface area contributed by atoms with Crippen molar-refractivity contribution in [3.05, 3.63) is 62.8 Å². The number of nitrogens with one attached hydrogen (secondary N) is 2. The molecule has 1 aliphatic heterocycles. The summed E-state index contributed by atoms with van der Waals surface area (Å²) in [6, 6.07) is 9.27. The fourth-order valence-electron chi connectivity index (χ4n) is 4.35. The SMILES string of the molecule is CCCOc1c(Br)cc(C2C(C(=O)Nc3cccc(C)c3C)=C(C)Nc3nc(SCC)nn32)cc1OCC. The Morgan fingerprint density at radius 2 is 1.97 bits per heavy atom. The molecule has 1 unspecified atom stereocenters. The van der Waals surface area contributed by atoms with Crippen LogP contribution in [0.2, 0.25) is 0 Å². The van der Waals surface area contributed by atoms with Crippen molar-refractivity contribution in [1.29, 1.82) is 0 Å². The van der Waals surface area contributed by atoms with E-state index in [-0.39, 0.29) is 5.91 Å². The lowest BCUT2D eigenvalue weighted by molar-refractivity contribution is -0.113. The minimum Gasteiger partial charge on any atom is -0.490 e. The van der Waals surface area contributed by atoms with Crippen LogP contribution in [-0.4, -0.2) is 39.6 Å². The first-order valence-corrected chi connectivity index (χ1v) is 14.6. The standard InChI is InChI=1S/C28H34BrN5O3S/c1-7-13-37-25-20(29)14-19(15-22(25)36-8-2)24-23(26(35)31-21-12-10-11-16(4)17(21)5)18(6)30-27-32-28(38-9-3)33-34(24)27/h10-12,14-15,24H,7-9,13H2,1-6H3,(H,31,35)(H,30,32,33). The van der Waals surface area contributed by atoms with Crippen molar-refractivity contribution >= 4 is 45.2 Å². The first kappa shape index (κ1) is 28.0. The Hall–Kier alpha value is -2.98. The maximum Gasteiger partial charge on any atom is 0.255 e. The van der Waals surface area contributed by atoms with Gasteiger partial charge in [0, 0.05) is 11.4 Å². The van der Waals surface area contributed by atoms with Gasteiger partial charge in [0.15, 0.2) is 11.5 Å². The van der Waals surface area contributed by atoms with Gasteiger partial charge in [0.2, 0.25) is 11.1 Å². The molecule has 0 saturated carbocycles. The molecule has 1 atom stereocenters. The molecule has 202 valence electrons. The monoisotopic (exact) mass is 599 g/mol. The largest absolute Gasteiger partial charge is 0.490 e. The number of ether oxygens (including phenoxy) is 2. The molecule has 2 heterocycles. The number of hydrogen-bond acceptors (Lipinski definition) is 7. The number of thioether (sulfide) groups is 1. The highest BCUT2D eigenvalue weighted by atomic mass is 79.9. The predicted octanol–water partition coefficient (Wildman–Crippen LogP) is 6.88. The summed E-state index contributed by atoms with van der Waals surface area (Å²) in [5.41, 5.74) is 5.01. The van der Waals surface area contributed by atoms with E-state index in [1.807, 2.05) is 58.0 Å². The van der Waals surface area contributed by atoms with Crippen molar-refractivity contribution in [2.75, 3.05) is 29.6 Å². The highest BCUT2D eigenvalue weighted by Gasteiger charge is 2.35. The van der Waals surface area contributed by atoms with Gasteiger partial charge in [-0.1, -0.05) is 37.7 Å². The quantitative estimate of drug-likeness (QED) is 0.245. The molecule has 0 saturated heterocycles. The van der Waals surface area contributed by atoms with Gasteiger partial charge in [-0.3, -0.25) is 4.79 Å². The molecule has 3 aromatic rings. The highest BCUT2D eigenvalue weighted by molar-refractivity contribution is 9.10. The van der Waals surface area contributed by atoms with E-state index in [0.717, 1.165) is 39.0 Å². The summed E-state index contributed by atoms with van der Waals surface area (Å²) in [5.74, 6) is 2.48. The number of fused-ring (bicyclic) bond motifs is 1. The van der Waals surface area contributed by atoms with E-state index in [1.165, 1.54) is 0 Å². The van der Waals surface area contributed by atoms with Gasteiger partial charge in [-0.2, -0.15) is 4.98 Å². The Balaban J connectivity index is 1.85. The summed E-state index contributed by atoms with van der Waals surface area (Å²) in [7, 11) is 0. The fourth-order valence-corrected chi connectivity index (χ4v) is 5.48. The van der Waals surface area contributed by atoms with Gasteiger partial charge < -0.3 is 20.1 Å². The normalized spacial score (nSPS) is 14.7. The smallest absolute Gasteiger partial charge is 0.255 e. The van der Waals surface area contributed by atoms with Crippen LogP contribution in [-0.2, 0) is 4.79 Å². The van der Waals surface area contributed by atoms with E-state index in [4.69, 9.17) is 14.6 Å². The topological polar surface area (TPSA) is 90.3 Å². The van der Waals surface area contributed by atoms with E-state index >= 15 is 0 Å².